The van der Waals surface area contributed by atoms with Gasteiger partial charge in [0.05, 0.1) is 10.9 Å². The number of rotatable bonds is 2. The number of fused-ring (bicyclic) bond motifs is 1. The Hall–Kier alpha value is 0.290. The number of thioether (sulfide) groups is 2. The topological polar surface area (TPSA) is 38.9 Å². The molecule has 1 aliphatic carbocycles. The quantitative estimate of drug-likeness (QED) is 0.900. The van der Waals surface area contributed by atoms with Crippen molar-refractivity contribution in [1.29, 1.82) is 0 Å². The van der Waals surface area contributed by atoms with Gasteiger partial charge in [-0.2, -0.15) is 11.8 Å². The maximum absolute atomic E-state index is 5.90. The van der Waals surface area contributed by atoms with Gasteiger partial charge in [-0.25, -0.2) is 4.98 Å². The third kappa shape index (κ3) is 2.85. The number of nitrogens with two attached hydrogens (primary N) is 1. The molecular weight excluding hydrogens is 292 g/mol. The smallest absolute Gasteiger partial charge is 0.107 e. The second kappa shape index (κ2) is 5.96. The molecule has 2 aliphatic rings. The molecule has 0 aromatic carbocycles. The zero-order valence-corrected chi connectivity index (χ0v) is 14.0. The highest BCUT2D eigenvalue weighted by Crippen LogP contribution is 2.47. The molecule has 1 fully saturated rings. The van der Waals surface area contributed by atoms with Crippen molar-refractivity contribution < 1.29 is 0 Å². The molecule has 1 saturated heterocycles. The van der Waals surface area contributed by atoms with Crippen LogP contribution in [0.5, 0.6) is 0 Å². The van der Waals surface area contributed by atoms with E-state index in [1.807, 2.05) is 11.3 Å². The fourth-order valence-corrected chi connectivity index (χ4v) is 7.19. The fourth-order valence-electron chi connectivity index (χ4n) is 2.81. The monoisotopic (exact) mass is 314 g/mol. The predicted molar refractivity (Wildman–Crippen MR) is 88.6 cm³/mol. The van der Waals surface area contributed by atoms with Crippen LogP contribution in [0.2, 0.25) is 0 Å². The van der Waals surface area contributed by atoms with Crippen LogP contribution >= 0.6 is 34.9 Å². The minimum atomic E-state index is 0.520. The average Bonchev–Trinajstić information content (AvgIpc) is 2.85. The SMILES string of the molecule is CC1SCC(c2nc3c(s2)CCCC3CN)SC1C. The van der Waals surface area contributed by atoms with E-state index in [1.54, 1.807) is 0 Å². The average molecular weight is 315 g/mol. The van der Waals surface area contributed by atoms with Gasteiger partial charge in [0, 0.05) is 33.6 Å². The van der Waals surface area contributed by atoms with Gasteiger partial charge in [-0.1, -0.05) is 13.8 Å². The standard InChI is InChI=1S/C14H22N2S3/c1-8-9(2)18-12(7-17-8)14-16-13-10(6-15)4-3-5-11(13)19-14/h8-10,12H,3-7,15H2,1-2H3. The lowest BCUT2D eigenvalue weighted by atomic mass is 9.91. The Morgan fingerprint density at radius 2 is 2.16 bits per heavy atom. The molecule has 4 atom stereocenters. The summed E-state index contributed by atoms with van der Waals surface area (Å²) in [7, 11) is 0. The number of thiazole rings is 1. The van der Waals surface area contributed by atoms with Crippen molar-refractivity contribution in [2.75, 3.05) is 12.3 Å². The third-order valence-corrected chi connectivity index (χ3v) is 8.99. The van der Waals surface area contributed by atoms with E-state index in [1.165, 1.54) is 40.6 Å². The van der Waals surface area contributed by atoms with Gasteiger partial charge in [0.25, 0.3) is 0 Å². The van der Waals surface area contributed by atoms with Gasteiger partial charge in [0.15, 0.2) is 0 Å². The molecule has 2 nitrogen and oxygen atoms in total. The first-order valence-corrected chi connectivity index (χ1v) is 9.96. The number of aromatic nitrogens is 1. The van der Waals surface area contributed by atoms with Crippen LogP contribution in [0.4, 0.5) is 0 Å². The highest BCUT2D eigenvalue weighted by Gasteiger charge is 2.31. The van der Waals surface area contributed by atoms with Crippen molar-refractivity contribution in [2.24, 2.45) is 5.73 Å². The summed E-state index contributed by atoms with van der Waals surface area (Å²) in [6.45, 7) is 5.46. The Balaban J connectivity index is 1.81. The van der Waals surface area contributed by atoms with Crippen LogP contribution in [0, 0.1) is 0 Å². The summed E-state index contributed by atoms with van der Waals surface area (Å²) in [6.07, 6.45) is 3.74. The van der Waals surface area contributed by atoms with Crippen LogP contribution in [0.1, 0.15) is 53.4 Å². The van der Waals surface area contributed by atoms with Crippen molar-refractivity contribution in [3.05, 3.63) is 15.6 Å². The molecule has 0 bridgehead atoms. The molecule has 0 radical (unpaired) electrons. The highest BCUT2D eigenvalue weighted by atomic mass is 32.2. The Morgan fingerprint density at radius 3 is 2.89 bits per heavy atom. The van der Waals surface area contributed by atoms with E-state index in [4.69, 9.17) is 10.7 Å². The van der Waals surface area contributed by atoms with Crippen molar-refractivity contribution in [1.82, 2.24) is 4.98 Å². The number of nitrogens with zero attached hydrogens (tertiary/aromatic N) is 1. The Bertz CT molecular complexity index is 446. The van der Waals surface area contributed by atoms with E-state index < -0.39 is 0 Å². The zero-order chi connectivity index (χ0) is 13.4. The first kappa shape index (κ1) is 14.2. The molecule has 106 valence electrons. The second-order valence-electron chi connectivity index (χ2n) is 5.55. The lowest BCUT2D eigenvalue weighted by Crippen LogP contribution is -2.22. The van der Waals surface area contributed by atoms with Gasteiger partial charge in [-0.05, 0) is 19.3 Å². The molecule has 0 saturated carbocycles. The lowest BCUT2D eigenvalue weighted by molar-refractivity contribution is 0.553. The first-order chi connectivity index (χ1) is 9.19. The maximum atomic E-state index is 5.90. The van der Waals surface area contributed by atoms with Gasteiger partial charge >= 0.3 is 0 Å². The Kier molecular flexibility index (Phi) is 4.47. The molecule has 1 aromatic rings. The van der Waals surface area contributed by atoms with Crippen LogP contribution in [-0.2, 0) is 6.42 Å². The summed E-state index contributed by atoms with van der Waals surface area (Å²) < 4.78 is 0. The van der Waals surface area contributed by atoms with Gasteiger partial charge < -0.3 is 5.73 Å². The molecule has 0 amide bonds. The molecule has 0 spiro atoms. The van der Waals surface area contributed by atoms with Crippen molar-refractivity contribution >= 4 is 34.9 Å². The third-order valence-electron chi connectivity index (χ3n) is 4.20. The molecule has 2 heterocycles. The van der Waals surface area contributed by atoms with Gasteiger partial charge in [-0.15, -0.1) is 23.1 Å². The molecule has 4 unspecified atom stereocenters. The minimum Gasteiger partial charge on any atom is -0.330 e. The predicted octanol–water partition coefficient (Wildman–Crippen LogP) is 3.82. The van der Waals surface area contributed by atoms with E-state index in [0.29, 0.717) is 11.2 Å². The molecule has 3 rings (SSSR count). The number of hydrogen-bond acceptors (Lipinski definition) is 5. The fraction of sp³-hybridized carbons (Fsp3) is 0.786. The van der Waals surface area contributed by atoms with Crippen LogP contribution < -0.4 is 5.73 Å². The van der Waals surface area contributed by atoms with Crippen molar-refractivity contribution in [3.8, 4) is 0 Å². The summed E-state index contributed by atoms with van der Waals surface area (Å²) in [5.74, 6) is 1.74. The minimum absolute atomic E-state index is 0.520. The Morgan fingerprint density at radius 1 is 1.32 bits per heavy atom. The molecule has 5 heteroatoms. The number of aryl methyl sites for hydroxylation is 1. The molecule has 1 aromatic heterocycles. The summed E-state index contributed by atoms with van der Waals surface area (Å²) >= 11 is 6.18. The van der Waals surface area contributed by atoms with Gasteiger partial charge in [0.1, 0.15) is 5.01 Å². The van der Waals surface area contributed by atoms with E-state index in [9.17, 15) is 0 Å². The van der Waals surface area contributed by atoms with Gasteiger partial charge in [0.2, 0.25) is 0 Å². The summed E-state index contributed by atoms with van der Waals surface area (Å²) in [4.78, 5) is 6.51. The van der Waals surface area contributed by atoms with Crippen LogP contribution in [0.15, 0.2) is 0 Å². The van der Waals surface area contributed by atoms with Crippen LogP contribution in [-0.4, -0.2) is 27.8 Å². The highest BCUT2D eigenvalue weighted by molar-refractivity contribution is 8.07. The first-order valence-electron chi connectivity index (χ1n) is 7.15. The maximum Gasteiger partial charge on any atom is 0.107 e. The number of hydrogen-bond donors (Lipinski definition) is 1. The molecule has 1 aliphatic heterocycles. The van der Waals surface area contributed by atoms with Crippen molar-refractivity contribution in [2.45, 2.75) is 54.8 Å². The molecular formula is C14H22N2S3. The van der Waals surface area contributed by atoms with E-state index in [2.05, 4.69) is 37.4 Å². The summed E-state index contributed by atoms with van der Waals surface area (Å²) in [6, 6.07) is 0. The molecule has 2 N–H and O–H groups in total. The largest absolute Gasteiger partial charge is 0.330 e. The summed E-state index contributed by atoms with van der Waals surface area (Å²) in [5, 5.41) is 3.47. The normalized spacial score (nSPS) is 35.1. The molecule has 19 heavy (non-hydrogen) atoms. The Labute approximate surface area is 128 Å². The second-order valence-corrected chi connectivity index (χ2v) is 9.66. The van der Waals surface area contributed by atoms with E-state index >= 15 is 0 Å². The summed E-state index contributed by atoms with van der Waals surface area (Å²) in [5.41, 5.74) is 7.24. The van der Waals surface area contributed by atoms with Gasteiger partial charge in [-0.3, -0.25) is 0 Å². The van der Waals surface area contributed by atoms with E-state index in [-0.39, 0.29) is 0 Å². The van der Waals surface area contributed by atoms with Crippen LogP contribution in [0.25, 0.3) is 0 Å². The van der Waals surface area contributed by atoms with E-state index in [0.717, 1.165) is 17.0 Å². The lowest BCUT2D eigenvalue weighted by Gasteiger charge is -2.30. The van der Waals surface area contributed by atoms with Crippen LogP contribution in [0.3, 0.4) is 0 Å². The van der Waals surface area contributed by atoms with Crippen molar-refractivity contribution in [3.63, 3.8) is 0 Å². The zero-order valence-electron chi connectivity index (χ0n) is 11.6.